The van der Waals surface area contributed by atoms with Gasteiger partial charge >= 0.3 is 5.97 Å². The van der Waals surface area contributed by atoms with Gasteiger partial charge in [0.1, 0.15) is 6.54 Å². The Morgan fingerprint density at radius 1 is 1.56 bits per heavy atom. The molecule has 0 aliphatic rings. The second kappa shape index (κ2) is 5.70. The van der Waals surface area contributed by atoms with Crippen molar-refractivity contribution in [3.05, 3.63) is 24.0 Å². The molecule has 0 saturated carbocycles. The van der Waals surface area contributed by atoms with Crippen LogP contribution in [0.3, 0.4) is 0 Å². The van der Waals surface area contributed by atoms with E-state index in [0.29, 0.717) is 6.61 Å². The van der Waals surface area contributed by atoms with E-state index in [0.717, 1.165) is 5.56 Å². The molecule has 0 aliphatic heterocycles. The molecule has 1 N–H and O–H groups in total. The molecule has 90 valence electrons. The molecule has 1 rings (SSSR count). The molecule has 0 fully saturated rings. The van der Waals surface area contributed by atoms with E-state index in [9.17, 15) is 9.90 Å². The minimum Gasteiger partial charge on any atom is -0.465 e. The molecular weight excluding hydrogens is 206 g/mol. The van der Waals surface area contributed by atoms with E-state index in [2.05, 4.69) is 0 Å². The Bertz CT molecular complexity index is 344. The van der Waals surface area contributed by atoms with Crippen molar-refractivity contribution in [2.75, 3.05) is 6.61 Å². The first kappa shape index (κ1) is 12.8. The molecule has 4 nitrogen and oxygen atoms in total. The van der Waals surface area contributed by atoms with Gasteiger partial charge in [-0.15, -0.1) is 0 Å². The van der Waals surface area contributed by atoms with Crippen LogP contribution in [0.1, 0.15) is 32.4 Å². The molecule has 0 spiro atoms. The zero-order valence-corrected chi connectivity index (χ0v) is 10.0. The third kappa shape index (κ3) is 3.38. The maximum absolute atomic E-state index is 11.2. The number of hydrogen-bond acceptors (Lipinski definition) is 3. The van der Waals surface area contributed by atoms with Crippen LogP contribution in [-0.4, -0.2) is 22.2 Å². The van der Waals surface area contributed by atoms with Crippen LogP contribution in [-0.2, 0) is 16.1 Å². The number of carbonyl (C=O) groups is 1. The Labute approximate surface area is 95.8 Å². The summed E-state index contributed by atoms with van der Waals surface area (Å²) in [6.45, 7) is 6.27. The lowest BCUT2D eigenvalue weighted by atomic mass is 10.0. The van der Waals surface area contributed by atoms with Crippen molar-refractivity contribution in [2.24, 2.45) is 5.92 Å². The van der Waals surface area contributed by atoms with E-state index < -0.39 is 6.10 Å². The topological polar surface area (TPSA) is 51.5 Å². The molecule has 16 heavy (non-hydrogen) atoms. The first-order valence-corrected chi connectivity index (χ1v) is 5.54. The van der Waals surface area contributed by atoms with Crippen LogP contribution >= 0.6 is 0 Å². The highest BCUT2D eigenvalue weighted by Crippen LogP contribution is 2.21. The van der Waals surface area contributed by atoms with Crippen LogP contribution < -0.4 is 0 Å². The Morgan fingerprint density at radius 3 is 2.81 bits per heavy atom. The van der Waals surface area contributed by atoms with E-state index in [1.807, 2.05) is 19.9 Å². The molecule has 0 saturated heterocycles. The minimum atomic E-state index is -0.483. The molecule has 1 aromatic rings. The number of aliphatic hydroxyl groups is 1. The summed E-state index contributed by atoms with van der Waals surface area (Å²) < 4.78 is 6.56. The fourth-order valence-electron chi connectivity index (χ4n) is 1.47. The highest BCUT2D eigenvalue weighted by Gasteiger charge is 2.13. The predicted octanol–water partition coefficient (Wildman–Crippen LogP) is 1.74. The zero-order valence-electron chi connectivity index (χ0n) is 10.0. The summed E-state index contributed by atoms with van der Waals surface area (Å²) >= 11 is 0. The molecule has 0 bridgehead atoms. The number of aliphatic hydroxyl groups excluding tert-OH is 1. The number of rotatable bonds is 5. The van der Waals surface area contributed by atoms with Crippen molar-refractivity contribution < 1.29 is 14.6 Å². The van der Waals surface area contributed by atoms with Gasteiger partial charge in [0.05, 0.1) is 12.7 Å². The smallest absolute Gasteiger partial charge is 0.325 e. The van der Waals surface area contributed by atoms with Crippen molar-refractivity contribution in [3.8, 4) is 0 Å². The molecule has 1 atom stereocenters. The Kier molecular flexibility index (Phi) is 4.55. The molecule has 0 radical (unpaired) electrons. The number of esters is 1. The SMILES string of the molecule is CCOC(=O)Cn1ccc(C(O)C(C)C)c1. The molecule has 1 aromatic heterocycles. The van der Waals surface area contributed by atoms with Crippen LogP contribution in [0.15, 0.2) is 18.5 Å². The van der Waals surface area contributed by atoms with Crippen molar-refractivity contribution in [2.45, 2.75) is 33.4 Å². The van der Waals surface area contributed by atoms with Crippen LogP contribution in [0, 0.1) is 5.92 Å². The number of ether oxygens (including phenoxy) is 1. The van der Waals surface area contributed by atoms with E-state index in [1.165, 1.54) is 0 Å². The van der Waals surface area contributed by atoms with Gasteiger partial charge in [-0.05, 0) is 24.5 Å². The van der Waals surface area contributed by atoms with Crippen LogP contribution in [0.5, 0.6) is 0 Å². The molecule has 1 heterocycles. The van der Waals surface area contributed by atoms with E-state index in [-0.39, 0.29) is 18.4 Å². The summed E-state index contributed by atoms with van der Waals surface area (Å²) in [5.74, 6) is -0.0952. The zero-order chi connectivity index (χ0) is 12.1. The quantitative estimate of drug-likeness (QED) is 0.776. The van der Waals surface area contributed by atoms with Crippen molar-refractivity contribution in [1.29, 1.82) is 0 Å². The number of hydrogen-bond donors (Lipinski definition) is 1. The standard InChI is InChI=1S/C12H19NO3/c1-4-16-11(14)8-13-6-5-10(7-13)12(15)9(2)3/h5-7,9,12,15H,4,8H2,1-3H3. The average molecular weight is 225 g/mol. The maximum Gasteiger partial charge on any atom is 0.325 e. The van der Waals surface area contributed by atoms with Crippen LogP contribution in [0.4, 0.5) is 0 Å². The summed E-state index contributed by atoms with van der Waals surface area (Å²) in [6, 6.07) is 1.82. The highest BCUT2D eigenvalue weighted by atomic mass is 16.5. The van der Waals surface area contributed by atoms with Gasteiger partial charge in [0.2, 0.25) is 0 Å². The molecule has 4 heteroatoms. The maximum atomic E-state index is 11.2. The van der Waals surface area contributed by atoms with E-state index in [1.54, 1.807) is 23.9 Å². The third-order valence-electron chi connectivity index (χ3n) is 2.36. The molecule has 1 unspecified atom stereocenters. The first-order chi connectivity index (χ1) is 7.54. The van der Waals surface area contributed by atoms with Gasteiger partial charge in [-0.3, -0.25) is 4.79 Å². The number of aromatic nitrogens is 1. The lowest BCUT2D eigenvalue weighted by Gasteiger charge is -2.12. The van der Waals surface area contributed by atoms with Crippen LogP contribution in [0.2, 0.25) is 0 Å². The third-order valence-corrected chi connectivity index (χ3v) is 2.36. The summed E-state index contributed by atoms with van der Waals surface area (Å²) in [6.07, 6.45) is 3.07. The molecule has 0 aliphatic carbocycles. The lowest BCUT2D eigenvalue weighted by molar-refractivity contribution is -0.143. The summed E-state index contributed by atoms with van der Waals surface area (Å²) in [5.41, 5.74) is 0.833. The van der Waals surface area contributed by atoms with Crippen molar-refractivity contribution >= 4 is 5.97 Å². The lowest BCUT2D eigenvalue weighted by Crippen LogP contribution is -2.12. The monoisotopic (exact) mass is 225 g/mol. The van der Waals surface area contributed by atoms with Gasteiger partial charge in [-0.1, -0.05) is 13.8 Å². The Balaban J connectivity index is 2.61. The van der Waals surface area contributed by atoms with Gasteiger partial charge in [0, 0.05) is 12.4 Å². The highest BCUT2D eigenvalue weighted by molar-refractivity contribution is 5.69. The van der Waals surface area contributed by atoms with Gasteiger partial charge in [-0.25, -0.2) is 0 Å². The Morgan fingerprint density at radius 2 is 2.25 bits per heavy atom. The van der Waals surface area contributed by atoms with Gasteiger partial charge in [-0.2, -0.15) is 0 Å². The second-order valence-electron chi connectivity index (χ2n) is 4.11. The van der Waals surface area contributed by atoms with Crippen LogP contribution in [0.25, 0.3) is 0 Å². The van der Waals surface area contributed by atoms with Gasteiger partial charge in [0.25, 0.3) is 0 Å². The molecule has 0 aromatic carbocycles. The second-order valence-corrected chi connectivity index (χ2v) is 4.11. The van der Waals surface area contributed by atoms with Gasteiger partial charge in [0.15, 0.2) is 0 Å². The summed E-state index contributed by atoms with van der Waals surface area (Å²) in [5, 5.41) is 9.82. The largest absolute Gasteiger partial charge is 0.465 e. The fourth-order valence-corrected chi connectivity index (χ4v) is 1.47. The molecular formula is C12H19NO3. The molecule has 0 amide bonds. The van der Waals surface area contributed by atoms with E-state index >= 15 is 0 Å². The first-order valence-electron chi connectivity index (χ1n) is 5.54. The number of carbonyl (C=O) groups excluding carboxylic acids is 1. The van der Waals surface area contributed by atoms with Crippen molar-refractivity contribution in [3.63, 3.8) is 0 Å². The van der Waals surface area contributed by atoms with Gasteiger partial charge < -0.3 is 14.4 Å². The summed E-state index contributed by atoms with van der Waals surface area (Å²) in [7, 11) is 0. The number of nitrogens with zero attached hydrogens (tertiary/aromatic N) is 1. The fraction of sp³-hybridized carbons (Fsp3) is 0.583. The summed E-state index contributed by atoms with van der Waals surface area (Å²) in [4.78, 5) is 11.2. The van der Waals surface area contributed by atoms with Crippen molar-refractivity contribution in [1.82, 2.24) is 4.57 Å². The predicted molar refractivity (Wildman–Crippen MR) is 60.9 cm³/mol. The average Bonchev–Trinajstić information content (AvgIpc) is 2.65. The minimum absolute atomic E-state index is 0.165. The normalized spacial score (nSPS) is 12.8. The Hall–Kier alpha value is -1.29. The van der Waals surface area contributed by atoms with E-state index in [4.69, 9.17) is 4.74 Å².